The van der Waals surface area contributed by atoms with E-state index < -0.39 is 6.09 Å². The van der Waals surface area contributed by atoms with Crippen molar-refractivity contribution in [3.05, 3.63) is 23.8 Å². The summed E-state index contributed by atoms with van der Waals surface area (Å²) < 4.78 is 4.81. The number of carbonyl (C=O) groups excluding carboxylic acids is 1. The van der Waals surface area contributed by atoms with Gasteiger partial charge in [0.15, 0.2) is 0 Å². The first-order chi connectivity index (χ1) is 7.54. The number of anilines is 2. The van der Waals surface area contributed by atoms with Crippen molar-refractivity contribution in [2.24, 2.45) is 0 Å². The van der Waals surface area contributed by atoms with Crippen LogP contribution in [0.4, 0.5) is 16.2 Å². The molecule has 0 aliphatic rings. The molecule has 88 valence electrons. The summed E-state index contributed by atoms with van der Waals surface area (Å²) in [6.07, 6.45) is -0.420. The van der Waals surface area contributed by atoms with Gasteiger partial charge in [-0.05, 0) is 31.5 Å². The van der Waals surface area contributed by atoms with Crippen LogP contribution in [-0.2, 0) is 4.74 Å². The van der Waals surface area contributed by atoms with E-state index >= 15 is 0 Å². The number of amides is 1. The third kappa shape index (κ3) is 3.15. The minimum absolute atomic E-state index is 0.373. The van der Waals surface area contributed by atoms with Crippen LogP contribution in [0.15, 0.2) is 18.2 Å². The van der Waals surface area contributed by atoms with Gasteiger partial charge in [-0.2, -0.15) is 0 Å². The van der Waals surface area contributed by atoms with Crippen LogP contribution >= 0.6 is 0 Å². The Morgan fingerprint density at radius 1 is 1.44 bits per heavy atom. The van der Waals surface area contributed by atoms with Gasteiger partial charge in [0.1, 0.15) is 0 Å². The first-order valence-electron chi connectivity index (χ1n) is 5.26. The fourth-order valence-corrected chi connectivity index (χ4v) is 1.45. The molecule has 0 saturated carbocycles. The summed E-state index contributed by atoms with van der Waals surface area (Å²) in [4.78, 5) is 13.2. The van der Waals surface area contributed by atoms with Crippen molar-refractivity contribution in [1.29, 1.82) is 0 Å². The summed E-state index contributed by atoms with van der Waals surface area (Å²) in [5.74, 6) is 0. The van der Waals surface area contributed by atoms with Crippen molar-refractivity contribution in [3.63, 3.8) is 0 Å². The van der Waals surface area contributed by atoms with Gasteiger partial charge >= 0.3 is 6.09 Å². The monoisotopic (exact) mass is 222 g/mol. The largest absolute Gasteiger partial charge is 0.450 e. The number of hydrogen-bond donors (Lipinski definition) is 1. The summed E-state index contributed by atoms with van der Waals surface area (Å²) in [6, 6.07) is 5.75. The van der Waals surface area contributed by atoms with Gasteiger partial charge in [-0.25, -0.2) is 4.79 Å². The van der Waals surface area contributed by atoms with E-state index in [1.54, 1.807) is 6.92 Å². The lowest BCUT2D eigenvalue weighted by molar-refractivity contribution is 0.168. The van der Waals surface area contributed by atoms with Gasteiger partial charge in [-0.15, -0.1) is 0 Å². The molecule has 0 bridgehead atoms. The lowest BCUT2D eigenvalue weighted by Crippen LogP contribution is -2.15. The van der Waals surface area contributed by atoms with Crippen molar-refractivity contribution < 1.29 is 9.53 Å². The van der Waals surface area contributed by atoms with Crippen LogP contribution in [0.5, 0.6) is 0 Å². The second-order valence-corrected chi connectivity index (χ2v) is 3.74. The molecule has 0 heterocycles. The number of nitrogens with zero attached hydrogens (tertiary/aromatic N) is 1. The zero-order valence-electron chi connectivity index (χ0n) is 10.2. The fourth-order valence-electron chi connectivity index (χ4n) is 1.45. The van der Waals surface area contributed by atoms with E-state index in [0.717, 1.165) is 11.4 Å². The highest BCUT2D eigenvalue weighted by Gasteiger charge is 2.05. The lowest BCUT2D eigenvalue weighted by atomic mass is 10.1. The molecule has 0 fully saturated rings. The molecule has 1 N–H and O–H groups in total. The quantitative estimate of drug-likeness (QED) is 0.854. The zero-order chi connectivity index (χ0) is 12.1. The minimum Gasteiger partial charge on any atom is -0.450 e. The van der Waals surface area contributed by atoms with E-state index in [0.29, 0.717) is 6.61 Å². The van der Waals surface area contributed by atoms with Gasteiger partial charge < -0.3 is 9.64 Å². The van der Waals surface area contributed by atoms with Gasteiger partial charge in [-0.1, -0.05) is 6.07 Å². The van der Waals surface area contributed by atoms with E-state index in [4.69, 9.17) is 4.74 Å². The zero-order valence-corrected chi connectivity index (χ0v) is 10.2. The molecule has 0 aromatic heterocycles. The number of nitrogens with one attached hydrogen (secondary N) is 1. The Bertz CT molecular complexity index is 375. The first-order valence-corrected chi connectivity index (χ1v) is 5.26. The molecular formula is C12H18N2O2. The van der Waals surface area contributed by atoms with Gasteiger partial charge in [0.2, 0.25) is 0 Å². The number of ether oxygens (including phenoxy) is 1. The van der Waals surface area contributed by atoms with E-state index in [9.17, 15) is 4.79 Å². The molecule has 1 amide bonds. The van der Waals surface area contributed by atoms with Crippen LogP contribution in [0.3, 0.4) is 0 Å². The van der Waals surface area contributed by atoms with Crippen LogP contribution < -0.4 is 10.2 Å². The Morgan fingerprint density at radius 3 is 2.69 bits per heavy atom. The molecule has 0 radical (unpaired) electrons. The first kappa shape index (κ1) is 12.4. The Hall–Kier alpha value is -1.71. The highest BCUT2D eigenvalue weighted by Crippen LogP contribution is 2.22. The number of carbonyl (C=O) groups is 1. The van der Waals surface area contributed by atoms with E-state index in [1.807, 2.05) is 44.1 Å². The molecule has 0 spiro atoms. The SMILES string of the molecule is CCOC(=O)Nc1ccc(C)c(N(C)C)c1. The second kappa shape index (κ2) is 5.39. The van der Waals surface area contributed by atoms with Crippen LogP contribution in [0.2, 0.25) is 0 Å². The van der Waals surface area contributed by atoms with Crippen molar-refractivity contribution in [2.75, 3.05) is 30.9 Å². The van der Waals surface area contributed by atoms with E-state index in [1.165, 1.54) is 5.56 Å². The normalized spacial score (nSPS) is 9.75. The molecule has 16 heavy (non-hydrogen) atoms. The number of rotatable bonds is 3. The van der Waals surface area contributed by atoms with E-state index in [-0.39, 0.29) is 0 Å². The molecule has 1 aromatic carbocycles. The molecule has 4 nitrogen and oxygen atoms in total. The van der Waals surface area contributed by atoms with Crippen molar-refractivity contribution in [1.82, 2.24) is 0 Å². The third-order valence-corrected chi connectivity index (χ3v) is 2.21. The summed E-state index contributed by atoms with van der Waals surface area (Å²) in [7, 11) is 3.94. The topological polar surface area (TPSA) is 41.6 Å². The van der Waals surface area contributed by atoms with Crippen molar-refractivity contribution in [2.45, 2.75) is 13.8 Å². The van der Waals surface area contributed by atoms with Crippen LogP contribution in [0.25, 0.3) is 0 Å². The number of hydrogen-bond acceptors (Lipinski definition) is 3. The molecule has 0 atom stereocenters. The van der Waals surface area contributed by atoms with Gasteiger partial charge in [0.25, 0.3) is 0 Å². The summed E-state index contributed by atoms with van der Waals surface area (Å²) in [6.45, 7) is 4.18. The van der Waals surface area contributed by atoms with E-state index in [2.05, 4.69) is 5.32 Å². The number of aryl methyl sites for hydroxylation is 1. The highest BCUT2D eigenvalue weighted by molar-refractivity contribution is 5.85. The Labute approximate surface area is 96.2 Å². The van der Waals surface area contributed by atoms with Gasteiger partial charge in [0.05, 0.1) is 6.61 Å². The fraction of sp³-hybridized carbons (Fsp3) is 0.417. The summed E-state index contributed by atoms with van der Waals surface area (Å²) >= 11 is 0. The smallest absolute Gasteiger partial charge is 0.411 e. The number of benzene rings is 1. The Balaban J connectivity index is 2.82. The van der Waals surface area contributed by atoms with Gasteiger partial charge in [0, 0.05) is 25.5 Å². The van der Waals surface area contributed by atoms with Crippen molar-refractivity contribution >= 4 is 17.5 Å². The molecular weight excluding hydrogens is 204 g/mol. The maximum absolute atomic E-state index is 11.2. The van der Waals surface area contributed by atoms with Crippen LogP contribution in [0, 0.1) is 6.92 Å². The van der Waals surface area contributed by atoms with Crippen molar-refractivity contribution in [3.8, 4) is 0 Å². The predicted molar refractivity (Wildman–Crippen MR) is 66.2 cm³/mol. The Morgan fingerprint density at radius 2 is 2.12 bits per heavy atom. The molecule has 0 unspecified atom stereocenters. The molecule has 1 rings (SSSR count). The maximum Gasteiger partial charge on any atom is 0.411 e. The Kier molecular flexibility index (Phi) is 4.17. The standard InChI is InChI=1S/C12H18N2O2/c1-5-16-12(15)13-10-7-6-9(2)11(8-10)14(3)4/h6-8H,5H2,1-4H3,(H,13,15). The average Bonchev–Trinajstić information content (AvgIpc) is 2.21. The summed E-state index contributed by atoms with van der Waals surface area (Å²) in [5.41, 5.74) is 2.99. The lowest BCUT2D eigenvalue weighted by Gasteiger charge is -2.17. The maximum atomic E-state index is 11.2. The van der Waals surface area contributed by atoms with Crippen LogP contribution in [-0.4, -0.2) is 26.8 Å². The third-order valence-electron chi connectivity index (χ3n) is 2.21. The molecule has 0 saturated heterocycles. The molecule has 1 aromatic rings. The minimum atomic E-state index is -0.420. The average molecular weight is 222 g/mol. The van der Waals surface area contributed by atoms with Crippen LogP contribution in [0.1, 0.15) is 12.5 Å². The molecule has 0 aliphatic heterocycles. The summed E-state index contributed by atoms with van der Waals surface area (Å²) in [5, 5.41) is 2.68. The highest BCUT2D eigenvalue weighted by atomic mass is 16.5. The van der Waals surface area contributed by atoms with Gasteiger partial charge in [-0.3, -0.25) is 5.32 Å². The molecule has 4 heteroatoms. The molecule has 0 aliphatic carbocycles. The predicted octanol–water partition coefficient (Wildman–Crippen LogP) is 2.63. The second-order valence-electron chi connectivity index (χ2n) is 3.74.